The first-order chi connectivity index (χ1) is 18.8. The number of aromatic nitrogens is 1. The smallest absolute Gasteiger partial charge is 0.235 e. The highest BCUT2D eigenvalue weighted by Crippen LogP contribution is 2.22. The lowest BCUT2D eigenvalue weighted by Gasteiger charge is -2.06. The fourth-order valence-electron chi connectivity index (χ4n) is 5.27. The number of nitrogens with zero attached hydrogens (tertiary/aromatic N) is 3. The SMILES string of the molecule is c1cc(C2=N[C@@H](Cc3ccc4ccccc4c3)CO2)nc(C2=N[C@@H](Cc3ccc4ccccc4c3)CO2)c1. The summed E-state index contributed by atoms with van der Waals surface area (Å²) in [6.45, 7) is 1.11. The Morgan fingerprint density at radius 3 is 1.50 bits per heavy atom. The van der Waals surface area contributed by atoms with E-state index < -0.39 is 0 Å². The largest absolute Gasteiger partial charge is 0.474 e. The standard InChI is InChI=1S/C33H27N3O2/c1-3-8-26-16-22(12-14-24(26)6-1)18-28-20-37-32(34-28)30-10-5-11-31(36-30)33-35-29(21-38-33)19-23-13-15-25-7-2-4-9-27(25)17-23/h1-17,28-29H,18-21H2/t28-,29-/m0/s1. The zero-order chi connectivity index (χ0) is 25.3. The molecule has 7 rings (SSSR count). The molecule has 2 aliphatic rings. The van der Waals surface area contributed by atoms with Gasteiger partial charge in [-0.15, -0.1) is 0 Å². The summed E-state index contributed by atoms with van der Waals surface area (Å²) in [7, 11) is 0. The molecule has 0 bridgehead atoms. The first-order valence-electron chi connectivity index (χ1n) is 13.1. The van der Waals surface area contributed by atoms with E-state index in [-0.39, 0.29) is 12.1 Å². The van der Waals surface area contributed by atoms with E-state index in [0.717, 1.165) is 12.8 Å². The molecule has 38 heavy (non-hydrogen) atoms. The fraction of sp³-hybridized carbons (Fsp3) is 0.182. The van der Waals surface area contributed by atoms with Gasteiger partial charge in [0, 0.05) is 0 Å². The number of ether oxygens (including phenoxy) is 2. The van der Waals surface area contributed by atoms with Crippen LogP contribution in [-0.2, 0) is 22.3 Å². The van der Waals surface area contributed by atoms with Crippen molar-refractivity contribution in [2.45, 2.75) is 24.9 Å². The van der Waals surface area contributed by atoms with Crippen molar-refractivity contribution in [1.29, 1.82) is 0 Å². The Balaban J connectivity index is 1.05. The number of aliphatic imine (C=N–C) groups is 2. The van der Waals surface area contributed by atoms with Gasteiger partial charge in [-0.25, -0.2) is 15.0 Å². The Morgan fingerprint density at radius 2 is 1.00 bits per heavy atom. The Labute approximate surface area is 221 Å². The first kappa shape index (κ1) is 22.7. The van der Waals surface area contributed by atoms with Gasteiger partial charge in [-0.2, -0.15) is 0 Å². The summed E-state index contributed by atoms with van der Waals surface area (Å²) < 4.78 is 11.9. The minimum atomic E-state index is 0.0722. The third kappa shape index (κ3) is 4.63. The van der Waals surface area contributed by atoms with Crippen molar-refractivity contribution < 1.29 is 9.47 Å². The lowest BCUT2D eigenvalue weighted by atomic mass is 10.0. The van der Waals surface area contributed by atoms with Gasteiger partial charge in [0.05, 0.1) is 12.1 Å². The Morgan fingerprint density at radius 1 is 0.526 bits per heavy atom. The molecule has 3 heterocycles. The average Bonchev–Trinajstić information content (AvgIpc) is 3.63. The number of benzene rings is 4. The minimum Gasteiger partial charge on any atom is -0.474 e. The fourth-order valence-corrected chi connectivity index (χ4v) is 5.27. The van der Waals surface area contributed by atoms with Crippen molar-refractivity contribution in [3.63, 3.8) is 0 Å². The van der Waals surface area contributed by atoms with Crippen molar-refractivity contribution in [3.05, 3.63) is 126 Å². The van der Waals surface area contributed by atoms with Crippen LogP contribution in [0.25, 0.3) is 21.5 Å². The number of rotatable bonds is 6. The van der Waals surface area contributed by atoms with E-state index in [1.165, 1.54) is 32.7 Å². The summed E-state index contributed by atoms with van der Waals surface area (Å²) in [6.07, 6.45) is 1.67. The highest BCUT2D eigenvalue weighted by Gasteiger charge is 2.25. The van der Waals surface area contributed by atoms with Gasteiger partial charge in [-0.05, 0) is 57.6 Å². The van der Waals surface area contributed by atoms with Crippen LogP contribution in [0.3, 0.4) is 0 Å². The number of fused-ring (bicyclic) bond motifs is 2. The maximum Gasteiger partial charge on any atom is 0.235 e. The van der Waals surface area contributed by atoms with Gasteiger partial charge in [0.15, 0.2) is 0 Å². The average molecular weight is 498 g/mol. The van der Waals surface area contributed by atoms with Crippen LogP contribution in [0.4, 0.5) is 0 Å². The van der Waals surface area contributed by atoms with Crippen LogP contribution < -0.4 is 0 Å². The van der Waals surface area contributed by atoms with Crippen LogP contribution >= 0.6 is 0 Å². The van der Waals surface area contributed by atoms with Crippen LogP contribution in [0.15, 0.2) is 113 Å². The lowest BCUT2D eigenvalue weighted by molar-refractivity contribution is 0.314. The zero-order valence-corrected chi connectivity index (χ0v) is 21.0. The second kappa shape index (κ2) is 9.75. The molecule has 0 radical (unpaired) electrons. The normalized spacial score (nSPS) is 18.7. The molecule has 0 aliphatic carbocycles. The van der Waals surface area contributed by atoms with E-state index in [9.17, 15) is 0 Å². The summed E-state index contributed by atoms with van der Waals surface area (Å²) in [6, 6.07) is 36.0. The van der Waals surface area contributed by atoms with Gasteiger partial charge >= 0.3 is 0 Å². The molecule has 1 aromatic heterocycles. The molecular weight excluding hydrogens is 470 g/mol. The van der Waals surface area contributed by atoms with Gasteiger partial charge in [0.1, 0.15) is 24.6 Å². The van der Waals surface area contributed by atoms with Gasteiger partial charge in [0.25, 0.3) is 0 Å². The molecule has 5 aromatic rings. The molecule has 5 heteroatoms. The molecule has 0 saturated carbocycles. The summed E-state index contributed by atoms with van der Waals surface area (Å²) in [5, 5.41) is 5.00. The molecule has 0 fully saturated rings. The van der Waals surface area contributed by atoms with Crippen molar-refractivity contribution >= 4 is 33.3 Å². The van der Waals surface area contributed by atoms with Gasteiger partial charge in [-0.1, -0.05) is 91.0 Å². The van der Waals surface area contributed by atoms with Crippen molar-refractivity contribution in [2.24, 2.45) is 9.98 Å². The predicted molar refractivity (Wildman–Crippen MR) is 152 cm³/mol. The van der Waals surface area contributed by atoms with E-state index in [4.69, 9.17) is 24.4 Å². The summed E-state index contributed by atoms with van der Waals surface area (Å²) in [5.74, 6) is 1.17. The van der Waals surface area contributed by atoms with Crippen LogP contribution in [0.2, 0.25) is 0 Å². The van der Waals surface area contributed by atoms with Crippen LogP contribution in [0.1, 0.15) is 22.5 Å². The molecule has 0 saturated heterocycles. The van der Waals surface area contributed by atoms with Gasteiger partial charge < -0.3 is 9.47 Å². The predicted octanol–water partition coefficient (Wildman–Crippen LogP) is 6.16. The van der Waals surface area contributed by atoms with Crippen LogP contribution in [0, 0.1) is 0 Å². The summed E-state index contributed by atoms with van der Waals surface area (Å²) in [5.41, 5.74) is 3.95. The molecular formula is C33H27N3O2. The maximum atomic E-state index is 5.97. The second-order valence-electron chi connectivity index (χ2n) is 9.98. The molecule has 186 valence electrons. The zero-order valence-electron chi connectivity index (χ0n) is 21.0. The van der Waals surface area contributed by atoms with Crippen LogP contribution in [-0.4, -0.2) is 42.1 Å². The quantitative estimate of drug-likeness (QED) is 0.282. The Kier molecular flexibility index (Phi) is 5.82. The molecule has 5 nitrogen and oxygen atoms in total. The monoisotopic (exact) mass is 497 g/mol. The topological polar surface area (TPSA) is 56.1 Å². The van der Waals surface area contributed by atoms with E-state index in [0.29, 0.717) is 36.4 Å². The molecule has 4 aromatic carbocycles. The van der Waals surface area contributed by atoms with Crippen molar-refractivity contribution in [3.8, 4) is 0 Å². The summed E-state index contributed by atoms with van der Waals surface area (Å²) >= 11 is 0. The third-order valence-electron chi connectivity index (χ3n) is 7.18. The van der Waals surface area contributed by atoms with Gasteiger partial charge in [0.2, 0.25) is 11.8 Å². The van der Waals surface area contributed by atoms with Crippen LogP contribution in [0.5, 0.6) is 0 Å². The second-order valence-corrected chi connectivity index (χ2v) is 9.98. The molecule has 0 amide bonds. The van der Waals surface area contributed by atoms with Crippen molar-refractivity contribution in [2.75, 3.05) is 13.2 Å². The first-order valence-corrected chi connectivity index (χ1v) is 13.1. The molecule has 2 aliphatic heterocycles. The number of hydrogen-bond donors (Lipinski definition) is 0. The number of pyridine rings is 1. The van der Waals surface area contributed by atoms with Gasteiger partial charge in [-0.3, -0.25) is 0 Å². The maximum absolute atomic E-state index is 5.97. The van der Waals surface area contributed by atoms with E-state index in [2.05, 4.69) is 84.9 Å². The van der Waals surface area contributed by atoms with Crippen molar-refractivity contribution in [1.82, 2.24) is 4.98 Å². The van der Waals surface area contributed by atoms with E-state index in [1.54, 1.807) is 0 Å². The minimum absolute atomic E-state index is 0.0722. The number of hydrogen-bond acceptors (Lipinski definition) is 5. The Bertz CT molecular complexity index is 1590. The molecule has 2 atom stereocenters. The highest BCUT2D eigenvalue weighted by atomic mass is 16.5. The lowest BCUT2D eigenvalue weighted by Crippen LogP contribution is -2.11. The third-order valence-corrected chi connectivity index (χ3v) is 7.18. The Hall–Kier alpha value is -4.51. The molecule has 0 spiro atoms. The highest BCUT2D eigenvalue weighted by molar-refractivity contribution is 5.97. The van der Waals surface area contributed by atoms with E-state index >= 15 is 0 Å². The van der Waals surface area contributed by atoms with E-state index in [1.807, 2.05) is 18.2 Å². The summed E-state index contributed by atoms with van der Waals surface area (Å²) in [4.78, 5) is 14.5. The molecule has 0 N–H and O–H groups in total. The molecule has 0 unspecified atom stereocenters.